The molecule has 0 unspecified atom stereocenters. The van der Waals surface area contributed by atoms with Gasteiger partial charge in [-0.2, -0.15) is 4.98 Å². The van der Waals surface area contributed by atoms with Crippen LogP contribution in [0.2, 0.25) is 10.0 Å². The average Bonchev–Trinajstić information content (AvgIpc) is 3.09. The highest BCUT2D eigenvalue weighted by Crippen LogP contribution is 2.29. The Labute approximate surface area is 172 Å². The first-order valence-corrected chi connectivity index (χ1v) is 10.1. The molecule has 0 saturated carbocycles. The minimum Gasteiger partial charge on any atom is -0.497 e. The van der Waals surface area contributed by atoms with Crippen LogP contribution in [-0.2, 0) is 16.6 Å². The first-order valence-electron chi connectivity index (χ1n) is 7.90. The van der Waals surface area contributed by atoms with Crippen molar-refractivity contribution in [3.8, 4) is 11.5 Å². The standard InChI is InChI=1S/C17H16Cl2N4O4S/c1-26-13-5-6-16(15(8-13)27-2)28(24,25)22-17-20-10-23(21-17)9-11-3-4-12(18)7-14(11)19/h3-8,10H,9H2,1-2H3,(H,21,22). The summed E-state index contributed by atoms with van der Waals surface area (Å²) in [5.74, 6) is 0.528. The third-order valence-electron chi connectivity index (χ3n) is 3.77. The minimum absolute atomic E-state index is 0.0621. The number of halogens is 2. The van der Waals surface area contributed by atoms with Crippen molar-refractivity contribution in [1.82, 2.24) is 14.8 Å². The molecule has 28 heavy (non-hydrogen) atoms. The molecule has 0 atom stereocenters. The lowest BCUT2D eigenvalue weighted by atomic mass is 10.2. The molecule has 0 spiro atoms. The maximum absolute atomic E-state index is 12.7. The number of hydrogen-bond donors (Lipinski definition) is 1. The Hall–Kier alpha value is -2.49. The molecular weight excluding hydrogens is 427 g/mol. The normalized spacial score (nSPS) is 11.3. The molecule has 1 N–H and O–H groups in total. The van der Waals surface area contributed by atoms with Gasteiger partial charge in [0, 0.05) is 16.1 Å². The van der Waals surface area contributed by atoms with E-state index in [4.69, 9.17) is 32.7 Å². The van der Waals surface area contributed by atoms with E-state index in [1.165, 1.54) is 43.4 Å². The fraction of sp³-hybridized carbons (Fsp3) is 0.176. The smallest absolute Gasteiger partial charge is 0.267 e. The van der Waals surface area contributed by atoms with Crippen molar-refractivity contribution in [2.75, 3.05) is 18.9 Å². The van der Waals surface area contributed by atoms with E-state index >= 15 is 0 Å². The molecule has 0 radical (unpaired) electrons. The monoisotopic (exact) mass is 442 g/mol. The number of rotatable bonds is 7. The Morgan fingerprint density at radius 1 is 1.11 bits per heavy atom. The second-order valence-electron chi connectivity index (χ2n) is 5.62. The maximum Gasteiger partial charge on any atom is 0.267 e. The highest BCUT2D eigenvalue weighted by molar-refractivity contribution is 7.92. The van der Waals surface area contributed by atoms with Crippen LogP contribution in [0.4, 0.5) is 5.95 Å². The van der Waals surface area contributed by atoms with Gasteiger partial charge in [-0.25, -0.2) is 17.8 Å². The van der Waals surface area contributed by atoms with E-state index < -0.39 is 10.0 Å². The van der Waals surface area contributed by atoms with Crippen molar-refractivity contribution >= 4 is 39.2 Å². The van der Waals surface area contributed by atoms with Gasteiger partial charge in [0.05, 0.1) is 20.8 Å². The van der Waals surface area contributed by atoms with E-state index in [0.717, 1.165) is 5.56 Å². The zero-order valence-electron chi connectivity index (χ0n) is 14.9. The fourth-order valence-electron chi connectivity index (χ4n) is 2.41. The number of benzene rings is 2. The first kappa shape index (κ1) is 20.2. The molecule has 0 fully saturated rings. The molecule has 1 aromatic heterocycles. The van der Waals surface area contributed by atoms with Crippen molar-refractivity contribution in [3.63, 3.8) is 0 Å². The SMILES string of the molecule is COc1ccc(S(=O)(=O)Nc2ncn(Cc3ccc(Cl)cc3Cl)n2)c(OC)c1. The molecule has 1 heterocycles. The molecule has 0 saturated heterocycles. The van der Waals surface area contributed by atoms with Crippen LogP contribution in [0.25, 0.3) is 0 Å². The van der Waals surface area contributed by atoms with Crippen LogP contribution in [0.5, 0.6) is 11.5 Å². The minimum atomic E-state index is -3.97. The first-order chi connectivity index (χ1) is 13.3. The van der Waals surface area contributed by atoms with Gasteiger partial charge in [0.2, 0.25) is 0 Å². The van der Waals surface area contributed by atoms with Gasteiger partial charge in [-0.3, -0.25) is 0 Å². The summed E-state index contributed by atoms with van der Waals surface area (Å²) in [5, 5.41) is 5.13. The largest absolute Gasteiger partial charge is 0.497 e. The van der Waals surface area contributed by atoms with Gasteiger partial charge >= 0.3 is 0 Å². The van der Waals surface area contributed by atoms with Crippen LogP contribution in [0.3, 0.4) is 0 Å². The second-order valence-corrected chi connectivity index (χ2v) is 8.12. The molecule has 2 aromatic carbocycles. The highest BCUT2D eigenvalue weighted by Gasteiger charge is 2.22. The number of nitrogens with one attached hydrogen (secondary N) is 1. The summed E-state index contributed by atoms with van der Waals surface area (Å²) in [6.45, 7) is 0.302. The summed E-state index contributed by atoms with van der Waals surface area (Å²) in [5.41, 5.74) is 0.766. The molecule has 0 bridgehead atoms. The predicted octanol–water partition coefficient (Wildman–Crippen LogP) is 3.45. The van der Waals surface area contributed by atoms with E-state index in [9.17, 15) is 8.42 Å². The van der Waals surface area contributed by atoms with E-state index in [2.05, 4.69) is 14.8 Å². The molecule has 3 rings (SSSR count). The van der Waals surface area contributed by atoms with Crippen molar-refractivity contribution in [2.45, 2.75) is 11.4 Å². The molecule has 3 aromatic rings. The number of hydrogen-bond acceptors (Lipinski definition) is 6. The van der Waals surface area contributed by atoms with E-state index in [0.29, 0.717) is 22.3 Å². The Morgan fingerprint density at radius 2 is 1.89 bits per heavy atom. The zero-order valence-corrected chi connectivity index (χ0v) is 17.2. The van der Waals surface area contributed by atoms with Crippen LogP contribution in [0.15, 0.2) is 47.6 Å². The molecule has 0 aliphatic heterocycles. The number of methoxy groups -OCH3 is 2. The third-order valence-corrected chi connectivity index (χ3v) is 5.72. The second kappa shape index (κ2) is 8.26. The molecule has 0 aliphatic carbocycles. The van der Waals surface area contributed by atoms with Crippen LogP contribution in [-0.4, -0.2) is 37.4 Å². The molecule has 148 valence electrons. The van der Waals surface area contributed by atoms with Gasteiger partial charge in [-0.15, -0.1) is 5.10 Å². The average molecular weight is 443 g/mol. The fourth-order valence-corrected chi connectivity index (χ4v) is 3.98. The van der Waals surface area contributed by atoms with Gasteiger partial charge in [-0.05, 0) is 29.8 Å². The molecule has 0 amide bonds. The highest BCUT2D eigenvalue weighted by atomic mass is 35.5. The zero-order chi connectivity index (χ0) is 20.3. The van der Waals surface area contributed by atoms with Gasteiger partial charge in [0.15, 0.2) is 0 Å². The van der Waals surface area contributed by atoms with E-state index in [1.54, 1.807) is 18.2 Å². The number of ether oxygens (including phenoxy) is 2. The lowest BCUT2D eigenvalue weighted by Crippen LogP contribution is -2.15. The molecule has 8 nitrogen and oxygen atoms in total. The predicted molar refractivity (Wildman–Crippen MR) is 106 cm³/mol. The topological polar surface area (TPSA) is 95.3 Å². The van der Waals surface area contributed by atoms with Gasteiger partial charge in [-0.1, -0.05) is 29.3 Å². The number of nitrogens with zero attached hydrogens (tertiary/aromatic N) is 3. The van der Waals surface area contributed by atoms with Crippen molar-refractivity contribution in [2.24, 2.45) is 0 Å². The molecule has 0 aliphatic rings. The van der Waals surface area contributed by atoms with Gasteiger partial charge in [0.25, 0.3) is 16.0 Å². The molecule has 11 heteroatoms. The van der Waals surface area contributed by atoms with Crippen LogP contribution in [0.1, 0.15) is 5.56 Å². The summed E-state index contributed by atoms with van der Waals surface area (Å²) in [7, 11) is -1.12. The maximum atomic E-state index is 12.7. The van der Waals surface area contributed by atoms with Crippen LogP contribution < -0.4 is 14.2 Å². The summed E-state index contributed by atoms with van der Waals surface area (Å²) < 4.78 is 39.4. The van der Waals surface area contributed by atoms with E-state index in [-0.39, 0.29) is 16.6 Å². The Balaban J connectivity index is 1.80. The molecular formula is C17H16Cl2N4O4S. The van der Waals surface area contributed by atoms with Gasteiger partial charge in [0.1, 0.15) is 22.7 Å². The van der Waals surface area contributed by atoms with E-state index in [1.807, 2.05) is 0 Å². The summed E-state index contributed by atoms with van der Waals surface area (Å²) in [6.07, 6.45) is 1.40. The number of aromatic nitrogens is 3. The van der Waals surface area contributed by atoms with Crippen molar-refractivity contribution < 1.29 is 17.9 Å². The summed E-state index contributed by atoms with van der Waals surface area (Å²) in [6, 6.07) is 9.46. The quantitative estimate of drug-likeness (QED) is 0.601. The van der Waals surface area contributed by atoms with Crippen LogP contribution >= 0.6 is 23.2 Å². The lowest BCUT2D eigenvalue weighted by molar-refractivity contribution is 0.386. The number of sulfonamides is 1. The Kier molecular flexibility index (Phi) is 5.97. The van der Waals surface area contributed by atoms with Gasteiger partial charge < -0.3 is 9.47 Å². The third kappa shape index (κ3) is 4.49. The van der Waals surface area contributed by atoms with Crippen molar-refractivity contribution in [1.29, 1.82) is 0 Å². The van der Waals surface area contributed by atoms with Crippen molar-refractivity contribution in [3.05, 3.63) is 58.3 Å². The Morgan fingerprint density at radius 3 is 2.57 bits per heavy atom. The lowest BCUT2D eigenvalue weighted by Gasteiger charge is -2.11. The number of anilines is 1. The summed E-state index contributed by atoms with van der Waals surface area (Å²) in [4.78, 5) is 3.92. The Bertz CT molecular complexity index is 1100. The summed E-state index contributed by atoms with van der Waals surface area (Å²) >= 11 is 12.0. The van der Waals surface area contributed by atoms with Crippen LogP contribution in [0, 0.1) is 0 Å².